The first-order chi connectivity index (χ1) is 21.7. The van der Waals surface area contributed by atoms with Gasteiger partial charge in [0.15, 0.2) is 11.6 Å². The highest BCUT2D eigenvalue weighted by molar-refractivity contribution is 7.90. The van der Waals surface area contributed by atoms with E-state index >= 15 is 0 Å². The Hall–Kier alpha value is -4.87. The number of aldehydes is 1. The summed E-state index contributed by atoms with van der Waals surface area (Å²) in [6.07, 6.45) is 2.94. The number of carbonyl (C=O) groups is 1. The maximum absolute atomic E-state index is 15.0. The first-order valence-electron chi connectivity index (χ1n) is 14.3. The molecule has 2 atom stereocenters. The molecule has 6 rings (SSSR count). The molecule has 2 fully saturated rings. The number of ether oxygens (including phenoxy) is 1. The standard InChI is InChI=1S/C31H28F2N6O5S/c32-21-11-13-38(17-21)45(42,43)36-29-10-8-27(33)30(26(29)15-34)44-24-7-9-28-25(14-24)31(41)39(19-35-28)23-5-3-22(4-6-23)37-12-1-2-20(16-37)18-40/h3-10,14,18-21,36H,1-2,11-13,16-17H2/t20?,21-/m1/s1. The summed E-state index contributed by atoms with van der Waals surface area (Å²) in [6, 6.07) is 15.5. The minimum Gasteiger partial charge on any atom is -0.453 e. The van der Waals surface area contributed by atoms with Gasteiger partial charge in [0.1, 0.15) is 36.2 Å². The Labute approximate surface area is 257 Å². The predicted molar refractivity (Wildman–Crippen MR) is 163 cm³/mol. The number of halogens is 2. The Kier molecular flexibility index (Phi) is 8.22. The predicted octanol–water partition coefficient (Wildman–Crippen LogP) is 4.30. The molecule has 232 valence electrons. The van der Waals surface area contributed by atoms with Crippen molar-refractivity contribution in [1.82, 2.24) is 13.9 Å². The largest absolute Gasteiger partial charge is 0.453 e. The molecule has 3 heterocycles. The van der Waals surface area contributed by atoms with Crippen molar-refractivity contribution in [2.75, 3.05) is 35.8 Å². The highest BCUT2D eigenvalue weighted by atomic mass is 32.2. The molecule has 2 aliphatic heterocycles. The summed E-state index contributed by atoms with van der Waals surface area (Å²) in [5, 5.41) is 9.99. The van der Waals surface area contributed by atoms with Crippen molar-refractivity contribution in [1.29, 1.82) is 5.26 Å². The maximum atomic E-state index is 15.0. The number of anilines is 2. The number of piperidine rings is 1. The number of nitrogens with zero attached hydrogens (tertiary/aromatic N) is 5. The van der Waals surface area contributed by atoms with Crippen LogP contribution >= 0.6 is 0 Å². The summed E-state index contributed by atoms with van der Waals surface area (Å²) in [5.41, 5.74) is 0.768. The van der Waals surface area contributed by atoms with Gasteiger partial charge in [0.2, 0.25) is 0 Å². The van der Waals surface area contributed by atoms with E-state index in [4.69, 9.17) is 4.74 Å². The van der Waals surface area contributed by atoms with E-state index < -0.39 is 39.1 Å². The van der Waals surface area contributed by atoms with E-state index in [9.17, 15) is 32.0 Å². The number of hydrogen-bond donors (Lipinski definition) is 1. The first kappa shape index (κ1) is 30.2. The molecule has 0 saturated carbocycles. The first-order valence-corrected chi connectivity index (χ1v) is 15.8. The van der Waals surface area contributed by atoms with Gasteiger partial charge in [-0.1, -0.05) is 0 Å². The third kappa shape index (κ3) is 6.09. The van der Waals surface area contributed by atoms with E-state index in [1.165, 1.54) is 29.1 Å². The van der Waals surface area contributed by atoms with Gasteiger partial charge in [0.25, 0.3) is 5.56 Å². The summed E-state index contributed by atoms with van der Waals surface area (Å²) in [4.78, 5) is 31.3. The van der Waals surface area contributed by atoms with Crippen molar-refractivity contribution in [3.05, 3.63) is 82.7 Å². The summed E-state index contributed by atoms with van der Waals surface area (Å²) >= 11 is 0. The Morgan fingerprint density at radius 2 is 1.82 bits per heavy atom. The molecule has 45 heavy (non-hydrogen) atoms. The molecular weight excluding hydrogens is 606 g/mol. The van der Waals surface area contributed by atoms with Gasteiger partial charge in [0, 0.05) is 37.8 Å². The Morgan fingerprint density at radius 1 is 1.04 bits per heavy atom. The van der Waals surface area contributed by atoms with Crippen molar-refractivity contribution >= 4 is 38.8 Å². The van der Waals surface area contributed by atoms with E-state index in [1.54, 1.807) is 18.2 Å². The lowest BCUT2D eigenvalue weighted by atomic mass is 9.99. The molecule has 4 aromatic rings. The molecule has 1 aromatic heterocycles. The monoisotopic (exact) mass is 634 g/mol. The number of fused-ring (bicyclic) bond motifs is 1. The maximum Gasteiger partial charge on any atom is 0.301 e. The molecule has 0 amide bonds. The van der Waals surface area contributed by atoms with E-state index in [1.807, 2.05) is 12.1 Å². The van der Waals surface area contributed by atoms with E-state index in [-0.39, 0.29) is 42.3 Å². The normalized spacial score (nSPS) is 18.9. The van der Waals surface area contributed by atoms with Crippen molar-refractivity contribution in [2.45, 2.75) is 25.4 Å². The third-order valence-electron chi connectivity index (χ3n) is 7.99. The quantitative estimate of drug-likeness (QED) is 0.283. The molecular formula is C31H28F2N6O5S. The zero-order chi connectivity index (χ0) is 31.7. The van der Waals surface area contributed by atoms with Crippen LogP contribution in [0.1, 0.15) is 24.8 Å². The third-order valence-corrected chi connectivity index (χ3v) is 9.48. The molecule has 14 heteroatoms. The zero-order valence-corrected chi connectivity index (χ0v) is 24.7. The number of hydrogen-bond acceptors (Lipinski definition) is 8. The molecule has 2 saturated heterocycles. The molecule has 1 unspecified atom stereocenters. The second-order valence-corrected chi connectivity index (χ2v) is 12.6. The van der Waals surface area contributed by atoms with Crippen LogP contribution in [0.3, 0.4) is 0 Å². The van der Waals surface area contributed by atoms with Gasteiger partial charge in [-0.3, -0.25) is 14.1 Å². The second-order valence-electron chi connectivity index (χ2n) is 11.0. The van der Waals surface area contributed by atoms with Crippen LogP contribution in [0, 0.1) is 23.1 Å². The Morgan fingerprint density at radius 3 is 2.53 bits per heavy atom. The van der Waals surface area contributed by atoms with Gasteiger partial charge in [-0.15, -0.1) is 0 Å². The number of nitriles is 1. The molecule has 11 nitrogen and oxygen atoms in total. The lowest BCUT2D eigenvalue weighted by Gasteiger charge is -2.32. The number of nitrogens with one attached hydrogen (secondary N) is 1. The lowest BCUT2D eigenvalue weighted by molar-refractivity contribution is -0.111. The van der Waals surface area contributed by atoms with Crippen molar-refractivity contribution in [2.24, 2.45) is 5.92 Å². The fourth-order valence-electron chi connectivity index (χ4n) is 5.61. The van der Waals surface area contributed by atoms with Crippen LogP contribution in [0.4, 0.5) is 20.2 Å². The van der Waals surface area contributed by atoms with Gasteiger partial charge in [0.05, 0.1) is 22.3 Å². The molecule has 2 aliphatic rings. The topological polar surface area (TPSA) is 138 Å². The van der Waals surface area contributed by atoms with Crippen LogP contribution in [0.5, 0.6) is 11.5 Å². The highest BCUT2D eigenvalue weighted by Crippen LogP contribution is 2.35. The van der Waals surface area contributed by atoms with Gasteiger partial charge in [-0.05, 0) is 73.9 Å². The number of carbonyl (C=O) groups excluding carboxylic acids is 1. The average Bonchev–Trinajstić information content (AvgIpc) is 3.50. The zero-order valence-electron chi connectivity index (χ0n) is 23.9. The van der Waals surface area contributed by atoms with Gasteiger partial charge < -0.3 is 14.4 Å². The van der Waals surface area contributed by atoms with E-state index in [2.05, 4.69) is 14.6 Å². The van der Waals surface area contributed by atoms with Gasteiger partial charge >= 0.3 is 10.2 Å². The van der Waals surface area contributed by atoms with Crippen LogP contribution in [-0.4, -0.2) is 60.9 Å². The highest BCUT2D eigenvalue weighted by Gasteiger charge is 2.32. The van der Waals surface area contributed by atoms with Crippen molar-refractivity contribution < 1.29 is 26.7 Å². The number of aromatic nitrogens is 2. The van der Waals surface area contributed by atoms with Crippen LogP contribution in [0.2, 0.25) is 0 Å². The number of alkyl halides is 1. The van der Waals surface area contributed by atoms with Crippen molar-refractivity contribution in [3.63, 3.8) is 0 Å². The van der Waals surface area contributed by atoms with Crippen LogP contribution < -0.4 is 19.9 Å². The number of rotatable bonds is 8. The number of benzene rings is 3. The van der Waals surface area contributed by atoms with Crippen LogP contribution in [0.15, 0.2) is 65.7 Å². The molecule has 0 spiro atoms. The van der Waals surface area contributed by atoms with Crippen LogP contribution in [0.25, 0.3) is 16.6 Å². The molecule has 0 radical (unpaired) electrons. The van der Waals surface area contributed by atoms with Gasteiger partial charge in [-0.2, -0.15) is 18.0 Å². The average molecular weight is 635 g/mol. The van der Waals surface area contributed by atoms with Crippen molar-refractivity contribution in [3.8, 4) is 23.3 Å². The van der Waals surface area contributed by atoms with Crippen LogP contribution in [-0.2, 0) is 15.0 Å². The SMILES string of the molecule is N#Cc1c(NS(=O)(=O)N2CC[C@@H](F)C2)ccc(F)c1Oc1ccc2ncn(-c3ccc(N4CCCC(C=O)C4)cc3)c(=O)c2c1. The summed E-state index contributed by atoms with van der Waals surface area (Å²) in [5.74, 6) is -1.47. The van der Waals surface area contributed by atoms with E-state index in [0.717, 1.165) is 47.8 Å². The summed E-state index contributed by atoms with van der Waals surface area (Å²) in [6.45, 7) is 1.12. The molecule has 3 aromatic carbocycles. The molecule has 0 bridgehead atoms. The van der Waals surface area contributed by atoms with E-state index in [0.29, 0.717) is 17.7 Å². The Bertz CT molecular complexity index is 1980. The fourth-order valence-corrected chi connectivity index (χ4v) is 6.89. The second kappa shape index (κ2) is 12.3. The molecule has 0 aliphatic carbocycles. The smallest absolute Gasteiger partial charge is 0.301 e. The summed E-state index contributed by atoms with van der Waals surface area (Å²) < 4.78 is 64.4. The molecule has 1 N–H and O–H groups in total. The lowest BCUT2D eigenvalue weighted by Crippen LogP contribution is -2.35. The fraction of sp³-hybridized carbons (Fsp3) is 0.290. The Balaban J connectivity index is 1.28. The summed E-state index contributed by atoms with van der Waals surface area (Å²) in [7, 11) is -4.21. The minimum atomic E-state index is -4.21. The minimum absolute atomic E-state index is 0.00732. The van der Waals surface area contributed by atoms with Gasteiger partial charge in [-0.25, -0.2) is 13.8 Å².